The van der Waals surface area contributed by atoms with Gasteiger partial charge in [-0.3, -0.25) is 14.9 Å². The SMILES string of the molecule is COc1oc(CC/C(C)=C/C(C)=C/c2ccc([N+](=O)[O-])cc2)c(C)c(=O)c1C. The number of benzene rings is 1. The second-order valence-corrected chi connectivity index (χ2v) is 6.82. The maximum absolute atomic E-state index is 12.3. The average molecular weight is 383 g/mol. The van der Waals surface area contributed by atoms with Crippen LogP contribution in [0.3, 0.4) is 0 Å². The Labute approximate surface area is 164 Å². The van der Waals surface area contributed by atoms with Gasteiger partial charge >= 0.3 is 0 Å². The second kappa shape index (κ2) is 9.17. The monoisotopic (exact) mass is 383 g/mol. The lowest BCUT2D eigenvalue weighted by atomic mass is 10.0. The van der Waals surface area contributed by atoms with Crippen molar-refractivity contribution in [3.8, 4) is 5.95 Å². The molecule has 0 N–H and O–H groups in total. The molecule has 0 spiro atoms. The molecule has 2 aromatic rings. The van der Waals surface area contributed by atoms with E-state index in [0.717, 1.165) is 23.1 Å². The van der Waals surface area contributed by atoms with E-state index in [-0.39, 0.29) is 17.1 Å². The molecule has 6 heteroatoms. The molecule has 2 rings (SSSR count). The Hall–Kier alpha value is -3.15. The first-order chi connectivity index (χ1) is 13.2. The second-order valence-electron chi connectivity index (χ2n) is 6.82. The van der Waals surface area contributed by atoms with Gasteiger partial charge in [0.15, 0.2) is 5.43 Å². The number of non-ortho nitro benzene ring substituents is 1. The van der Waals surface area contributed by atoms with Gasteiger partial charge in [-0.25, -0.2) is 0 Å². The lowest BCUT2D eigenvalue weighted by Crippen LogP contribution is -2.13. The molecule has 0 radical (unpaired) electrons. The molecule has 0 atom stereocenters. The highest BCUT2D eigenvalue weighted by atomic mass is 16.6. The minimum atomic E-state index is -0.412. The summed E-state index contributed by atoms with van der Waals surface area (Å²) in [7, 11) is 1.49. The minimum absolute atomic E-state index is 0.0472. The molecule has 148 valence electrons. The summed E-state index contributed by atoms with van der Waals surface area (Å²) in [5.74, 6) is 0.902. The van der Waals surface area contributed by atoms with Crippen LogP contribution in [-0.4, -0.2) is 12.0 Å². The van der Waals surface area contributed by atoms with Crippen molar-refractivity contribution >= 4 is 11.8 Å². The molecule has 1 aromatic heterocycles. The molecule has 0 aliphatic carbocycles. The molecule has 0 unspecified atom stereocenters. The molecule has 0 amide bonds. The quantitative estimate of drug-likeness (QED) is 0.375. The summed E-state index contributed by atoms with van der Waals surface area (Å²) in [6, 6.07) is 6.43. The zero-order valence-electron chi connectivity index (χ0n) is 16.9. The van der Waals surface area contributed by atoms with Crippen molar-refractivity contribution in [3.63, 3.8) is 0 Å². The van der Waals surface area contributed by atoms with Crippen molar-refractivity contribution in [1.82, 2.24) is 0 Å². The van der Waals surface area contributed by atoms with Crippen LogP contribution in [0.1, 0.15) is 42.7 Å². The summed E-state index contributed by atoms with van der Waals surface area (Å²) in [6.45, 7) is 7.46. The van der Waals surface area contributed by atoms with Crippen LogP contribution >= 0.6 is 0 Å². The summed E-state index contributed by atoms with van der Waals surface area (Å²) in [5.41, 5.74) is 4.20. The summed E-state index contributed by atoms with van der Waals surface area (Å²) in [4.78, 5) is 22.6. The van der Waals surface area contributed by atoms with E-state index in [1.807, 2.05) is 19.9 Å². The number of hydrogen-bond acceptors (Lipinski definition) is 5. The van der Waals surface area contributed by atoms with Gasteiger partial charge in [0.05, 0.1) is 17.6 Å². The van der Waals surface area contributed by atoms with Crippen LogP contribution in [0.25, 0.3) is 6.08 Å². The summed E-state index contributed by atoms with van der Waals surface area (Å²) in [5, 5.41) is 10.7. The number of nitrogens with zero attached hydrogens (tertiary/aromatic N) is 1. The molecule has 0 aliphatic heterocycles. The van der Waals surface area contributed by atoms with E-state index < -0.39 is 4.92 Å². The topological polar surface area (TPSA) is 82.6 Å². The Morgan fingerprint density at radius 1 is 1.18 bits per heavy atom. The van der Waals surface area contributed by atoms with Gasteiger partial charge in [-0.1, -0.05) is 23.3 Å². The number of rotatable bonds is 7. The molecule has 1 heterocycles. The molecule has 0 saturated heterocycles. The van der Waals surface area contributed by atoms with Gasteiger partial charge in [0.2, 0.25) is 0 Å². The van der Waals surface area contributed by atoms with E-state index in [0.29, 0.717) is 23.3 Å². The fourth-order valence-corrected chi connectivity index (χ4v) is 2.97. The van der Waals surface area contributed by atoms with Crippen LogP contribution in [0.5, 0.6) is 5.95 Å². The smallest absolute Gasteiger partial charge is 0.291 e. The van der Waals surface area contributed by atoms with Crippen LogP contribution in [0.15, 0.2) is 50.7 Å². The highest BCUT2D eigenvalue weighted by Crippen LogP contribution is 2.21. The Balaban J connectivity index is 2.11. The molecule has 0 bridgehead atoms. The van der Waals surface area contributed by atoms with Crippen LogP contribution in [0, 0.1) is 24.0 Å². The van der Waals surface area contributed by atoms with E-state index in [1.54, 1.807) is 26.0 Å². The number of allylic oxidation sites excluding steroid dienone is 3. The molecular weight excluding hydrogens is 358 g/mol. The third kappa shape index (κ3) is 5.19. The van der Waals surface area contributed by atoms with Gasteiger partial charge in [-0.2, -0.15) is 0 Å². The highest BCUT2D eigenvalue weighted by molar-refractivity contribution is 5.57. The van der Waals surface area contributed by atoms with E-state index >= 15 is 0 Å². The van der Waals surface area contributed by atoms with Crippen molar-refractivity contribution in [3.05, 3.63) is 84.3 Å². The zero-order valence-corrected chi connectivity index (χ0v) is 16.9. The van der Waals surface area contributed by atoms with E-state index in [2.05, 4.69) is 6.08 Å². The molecule has 1 aromatic carbocycles. The van der Waals surface area contributed by atoms with Gasteiger partial charge < -0.3 is 9.15 Å². The minimum Gasteiger partial charge on any atom is -0.468 e. The van der Waals surface area contributed by atoms with E-state index in [9.17, 15) is 14.9 Å². The Kier molecular flexibility index (Phi) is 6.93. The summed E-state index contributed by atoms with van der Waals surface area (Å²) < 4.78 is 10.9. The maximum atomic E-state index is 12.3. The van der Waals surface area contributed by atoms with Crippen molar-refractivity contribution in [2.45, 2.75) is 40.5 Å². The molecule has 0 fully saturated rings. The van der Waals surface area contributed by atoms with Crippen molar-refractivity contribution in [1.29, 1.82) is 0 Å². The number of methoxy groups -OCH3 is 1. The van der Waals surface area contributed by atoms with Gasteiger partial charge in [0, 0.05) is 24.1 Å². The van der Waals surface area contributed by atoms with Crippen LogP contribution in [-0.2, 0) is 6.42 Å². The number of nitro groups is 1. The first-order valence-corrected chi connectivity index (χ1v) is 9.00. The number of nitro benzene ring substituents is 1. The fourth-order valence-electron chi connectivity index (χ4n) is 2.97. The van der Waals surface area contributed by atoms with Crippen LogP contribution in [0.4, 0.5) is 5.69 Å². The van der Waals surface area contributed by atoms with Gasteiger partial charge in [0.25, 0.3) is 11.6 Å². The molecule has 0 aliphatic rings. The zero-order chi connectivity index (χ0) is 20.8. The lowest BCUT2D eigenvalue weighted by molar-refractivity contribution is -0.384. The maximum Gasteiger partial charge on any atom is 0.291 e. The number of aryl methyl sites for hydroxylation is 1. The summed E-state index contributed by atoms with van der Waals surface area (Å²) in [6.07, 6.45) is 5.36. The van der Waals surface area contributed by atoms with Crippen molar-refractivity contribution in [2.24, 2.45) is 0 Å². The van der Waals surface area contributed by atoms with Gasteiger partial charge in [0.1, 0.15) is 5.76 Å². The first-order valence-electron chi connectivity index (χ1n) is 9.00. The predicted octanol–water partition coefficient (Wildman–Crippen LogP) is 5.16. The Morgan fingerprint density at radius 2 is 1.82 bits per heavy atom. The van der Waals surface area contributed by atoms with Crippen molar-refractivity contribution in [2.75, 3.05) is 7.11 Å². The van der Waals surface area contributed by atoms with Crippen molar-refractivity contribution < 1.29 is 14.1 Å². The Bertz CT molecular complexity index is 981. The molecule has 28 heavy (non-hydrogen) atoms. The fraction of sp³-hybridized carbons (Fsp3) is 0.318. The largest absolute Gasteiger partial charge is 0.468 e. The summed E-state index contributed by atoms with van der Waals surface area (Å²) >= 11 is 0. The molecule has 6 nitrogen and oxygen atoms in total. The number of ether oxygens (including phenoxy) is 1. The Morgan fingerprint density at radius 3 is 2.39 bits per heavy atom. The van der Waals surface area contributed by atoms with E-state index in [1.165, 1.54) is 19.2 Å². The van der Waals surface area contributed by atoms with Gasteiger partial charge in [-0.15, -0.1) is 0 Å². The molecule has 0 saturated carbocycles. The molecular formula is C22H25NO5. The van der Waals surface area contributed by atoms with Gasteiger partial charge in [-0.05, 0) is 51.8 Å². The van der Waals surface area contributed by atoms with Crippen LogP contribution < -0.4 is 10.2 Å². The third-order valence-electron chi connectivity index (χ3n) is 4.53. The third-order valence-corrected chi connectivity index (χ3v) is 4.53. The highest BCUT2D eigenvalue weighted by Gasteiger charge is 2.13. The van der Waals surface area contributed by atoms with Crippen LogP contribution in [0.2, 0.25) is 0 Å². The number of hydrogen-bond donors (Lipinski definition) is 0. The first kappa shape index (κ1) is 21.2. The van der Waals surface area contributed by atoms with E-state index in [4.69, 9.17) is 9.15 Å². The average Bonchev–Trinajstić information content (AvgIpc) is 2.66. The lowest BCUT2D eigenvalue weighted by Gasteiger charge is -2.09. The standard InChI is InChI=1S/C22H25NO5/c1-14(6-11-20-16(3)21(24)17(4)22(27-5)28-20)12-15(2)13-18-7-9-19(10-8-18)23(25)26/h7-10,12-13H,6,11H2,1-5H3/b14-12+,15-13+. The predicted molar refractivity (Wildman–Crippen MR) is 110 cm³/mol. The normalized spacial score (nSPS) is 12.2.